The van der Waals surface area contributed by atoms with Gasteiger partial charge in [-0.3, -0.25) is 4.79 Å². The molecule has 1 fully saturated rings. The molecule has 0 bridgehead atoms. The van der Waals surface area contributed by atoms with Crippen LogP contribution in [0.3, 0.4) is 0 Å². The molecule has 0 spiro atoms. The largest absolute Gasteiger partial charge is 0.477 e. The number of aryl methyl sites for hydroxylation is 1. The standard InChI is InChI=1S/C14H15N3O4/c1-8-3-6-21-10(8)11(18)17-14(4-2-5-14)13-15-7-9(16-13)12(19)20/h3,6-7H,2,4-5H2,1H3,(H,15,16)(H,17,18)(H,19,20). The summed E-state index contributed by atoms with van der Waals surface area (Å²) in [6.45, 7) is 1.79. The first-order valence-corrected chi connectivity index (χ1v) is 6.67. The van der Waals surface area contributed by atoms with Crippen molar-refractivity contribution in [1.82, 2.24) is 15.3 Å². The van der Waals surface area contributed by atoms with Crippen LogP contribution in [0.25, 0.3) is 0 Å². The highest BCUT2D eigenvalue weighted by atomic mass is 16.4. The van der Waals surface area contributed by atoms with Crippen LogP contribution in [-0.4, -0.2) is 27.0 Å². The van der Waals surface area contributed by atoms with Gasteiger partial charge in [-0.15, -0.1) is 0 Å². The van der Waals surface area contributed by atoms with Gasteiger partial charge in [0.15, 0.2) is 5.76 Å². The fraction of sp³-hybridized carbons (Fsp3) is 0.357. The molecule has 110 valence electrons. The van der Waals surface area contributed by atoms with E-state index >= 15 is 0 Å². The fourth-order valence-corrected chi connectivity index (χ4v) is 2.50. The lowest BCUT2D eigenvalue weighted by molar-refractivity contribution is 0.0690. The van der Waals surface area contributed by atoms with Gasteiger partial charge in [0.1, 0.15) is 11.5 Å². The van der Waals surface area contributed by atoms with Crippen molar-refractivity contribution in [3.8, 4) is 0 Å². The highest BCUT2D eigenvalue weighted by Crippen LogP contribution is 2.40. The Morgan fingerprint density at radius 2 is 2.24 bits per heavy atom. The van der Waals surface area contributed by atoms with Gasteiger partial charge in [0, 0.05) is 5.56 Å². The molecule has 1 amide bonds. The Morgan fingerprint density at radius 3 is 2.71 bits per heavy atom. The number of imidazole rings is 1. The van der Waals surface area contributed by atoms with Crippen LogP contribution in [0.1, 0.15) is 51.7 Å². The summed E-state index contributed by atoms with van der Waals surface area (Å²) in [5.41, 5.74) is 0.136. The topological polar surface area (TPSA) is 108 Å². The quantitative estimate of drug-likeness (QED) is 0.795. The lowest BCUT2D eigenvalue weighted by atomic mass is 9.76. The van der Waals surface area contributed by atoms with Crippen LogP contribution in [0.5, 0.6) is 0 Å². The zero-order valence-electron chi connectivity index (χ0n) is 11.5. The minimum atomic E-state index is -1.07. The maximum Gasteiger partial charge on any atom is 0.353 e. The van der Waals surface area contributed by atoms with E-state index in [0.29, 0.717) is 18.7 Å². The smallest absolute Gasteiger partial charge is 0.353 e. The summed E-state index contributed by atoms with van der Waals surface area (Å²) in [6, 6.07) is 1.72. The van der Waals surface area contributed by atoms with Crippen molar-refractivity contribution in [1.29, 1.82) is 0 Å². The molecule has 2 aromatic heterocycles. The predicted molar refractivity (Wildman–Crippen MR) is 72.0 cm³/mol. The number of aromatic amines is 1. The number of rotatable bonds is 4. The van der Waals surface area contributed by atoms with Crippen LogP contribution in [0.4, 0.5) is 0 Å². The molecule has 3 N–H and O–H groups in total. The number of furan rings is 1. The summed E-state index contributed by atoms with van der Waals surface area (Å²) in [5.74, 6) is -0.642. The molecule has 0 atom stereocenters. The van der Waals surface area contributed by atoms with Gasteiger partial charge in [-0.1, -0.05) is 0 Å². The lowest BCUT2D eigenvalue weighted by Crippen LogP contribution is -2.51. The average Bonchev–Trinajstić information content (AvgIpc) is 3.02. The summed E-state index contributed by atoms with van der Waals surface area (Å²) >= 11 is 0. The molecule has 7 nitrogen and oxygen atoms in total. The van der Waals surface area contributed by atoms with E-state index in [-0.39, 0.29) is 17.4 Å². The van der Waals surface area contributed by atoms with E-state index in [9.17, 15) is 9.59 Å². The second-order valence-corrected chi connectivity index (χ2v) is 5.27. The predicted octanol–water partition coefficient (Wildman–Crippen LogP) is 1.82. The number of aromatic carboxylic acids is 1. The molecule has 3 rings (SSSR count). The first kappa shape index (κ1) is 13.4. The highest BCUT2D eigenvalue weighted by Gasteiger charge is 2.43. The third-order valence-electron chi connectivity index (χ3n) is 3.89. The number of hydrogen-bond donors (Lipinski definition) is 3. The molecule has 0 aliphatic heterocycles. The third kappa shape index (κ3) is 2.20. The Kier molecular flexibility index (Phi) is 3.04. The molecule has 2 aromatic rings. The zero-order valence-corrected chi connectivity index (χ0v) is 11.5. The van der Waals surface area contributed by atoms with Gasteiger partial charge < -0.3 is 19.8 Å². The number of carboxylic acids is 1. The molecular formula is C14H15N3O4. The van der Waals surface area contributed by atoms with E-state index in [4.69, 9.17) is 9.52 Å². The molecule has 0 saturated heterocycles. The molecule has 1 aliphatic carbocycles. The molecule has 2 heterocycles. The molecule has 0 aromatic carbocycles. The van der Waals surface area contributed by atoms with Gasteiger partial charge in [0.25, 0.3) is 5.91 Å². The number of nitrogens with one attached hydrogen (secondary N) is 2. The minimum absolute atomic E-state index is 0.0136. The highest BCUT2D eigenvalue weighted by molar-refractivity contribution is 5.93. The van der Waals surface area contributed by atoms with Gasteiger partial charge in [-0.2, -0.15) is 0 Å². The van der Waals surface area contributed by atoms with Crippen molar-refractivity contribution in [2.75, 3.05) is 0 Å². The summed E-state index contributed by atoms with van der Waals surface area (Å²) in [6.07, 6.45) is 5.10. The van der Waals surface area contributed by atoms with Crippen LogP contribution in [0.2, 0.25) is 0 Å². The van der Waals surface area contributed by atoms with Gasteiger partial charge >= 0.3 is 5.97 Å². The minimum Gasteiger partial charge on any atom is -0.477 e. The van der Waals surface area contributed by atoms with Crippen LogP contribution in [-0.2, 0) is 5.54 Å². The van der Waals surface area contributed by atoms with Crippen molar-refractivity contribution in [3.63, 3.8) is 0 Å². The Labute approximate surface area is 120 Å². The molecule has 21 heavy (non-hydrogen) atoms. The van der Waals surface area contributed by atoms with Crippen molar-refractivity contribution in [2.45, 2.75) is 31.7 Å². The number of amides is 1. The first-order valence-electron chi connectivity index (χ1n) is 6.67. The van der Waals surface area contributed by atoms with Gasteiger partial charge in [0.05, 0.1) is 18.0 Å². The second kappa shape index (κ2) is 4.76. The van der Waals surface area contributed by atoms with E-state index in [1.165, 1.54) is 12.5 Å². The van der Waals surface area contributed by atoms with Crippen LogP contribution >= 0.6 is 0 Å². The van der Waals surface area contributed by atoms with Crippen LogP contribution < -0.4 is 5.32 Å². The third-order valence-corrected chi connectivity index (χ3v) is 3.89. The monoisotopic (exact) mass is 289 g/mol. The molecule has 1 saturated carbocycles. The number of aromatic nitrogens is 2. The summed E-state index contributed by atoms with van der Waals surface area (Å²) < 4.78 is 5.18. The Balaban J connectivity index is 1.85. The van der Waals surface area contributed by atoms with Crippen molar-refractivity contribution < 1.29 is 19.1 Å². The Morgan fingerprint density at radius 1 is 1.48 bits per heavy atom. The van der Waals surface area contributed by atoms with E-state index in [1.807, 2.05) is 0 Å². The first-order chi connectivity index (χ1) is 10.0. The van der Waals surface area contributed by atoms with Crippen LogP contribution in [0.15, 0.2) is 22.9 Å². The number of carboxylic acid groups (broad SMARTS) is 1. The second-order valence-electron chi connectivity index (χ2n) is 5.27. The molecule has 7 heteroatoms. The van der Waals surface area contributed by atoms with E-state index < -0.39 is 11.5 Å². The van der Waals surface area contributed by atoms with Gasteiger partial charge in [-0.25, -0.2) is 9.78 Å². The summed E-state index contributed by atoms with van der Waals surface area (Å²) in [4.78, 5) is 30.1. The lowest BCUT2D eigenvalue weighted by Gasteiger charge is -2.40. The summed E-state index contributed by atoms with van der Waals surface area (Å²) in [5, 5.41) is 11.9. The van der Waals surface area contributed by atoms with Crippen LogP contribution in [0, 0.1) is 6.92 Å². The Bertz CT molecular complexity index is 697. The van der Waals surface area contributed by atoms with E-state index in [2.05, 4.69) is 15.3 Å². The maximum absolute atomic E-state index is 12.3. The van der Waals surface area contributed by atoms with Crippen molar-refractivity contribution in [2.24, 2.45) is 0 Å². The normalized spacial score (nSPS) is 16.2. The molecule has 0 unspecified atom stereocenters. The molecular weight excluding hydrogens is 274 g/mol. The number of H-pyrrole nitrogens is 1. The van der Waals surface area contributed by atoms with Crippen molar-refractivity contribution in [3.05, 3.63) is 41.4 Å². The molecule has 1 aliphatic rings. The number of carbonyl (C=O) groups excluding carboxylic acids is 1. The maximum atomic E-state index is 12.3. The number of carbonyl (C=O) groups is 2. The van der Waals surface area contributed by atoms with Gasteiger partial charge in [-0.05, 0) is 32.3 Å². The van der Waals surface area contributed by atoms with E-state index in [0.717, 1.165) is 12.0 Å². The van der Waals surface area contributed by atoms with E-state index in [1.54, 1.807) is 13.0 Å². The Hall–Kier alpha value is -2.57. The SMILES string of the molecule is Cc1ccoc1C(=O)NC1(c2ncc(C(=O)O)[nH]2)CCC1. The van der Waals surface area contributed by atoms with Crippen molar-refractivity contribution >= 4 is 11.9 Å². The fourth-order valence-electron chi connectivity index (χ4n) is 2.50. The molecule has 0 radical (unpaired) electrons. The number of hydrogen-bond acceptors (Lipinski definition) is 4. The zero-order chi connectivity index (χ0) is 15.0. The average molecular weight is 289 g/mol. The van der Waals surface area contributed by atoms with Gasteiger partial charge in [0.2, 0.25) is 0 Å². The summed E-state index contributed by atoms with van der Waals surface area (Å²) in [7, 11) is 0. The number of nitrogens with zero attached hydrogens (tertiary/aromatic N) is 1.